The molecule has 0 spiro atoms. The van der Waals surface area contributed by atoms with Gasteiger partial charge in [0.05, 0.1) is 11.0 Å². The molecule has 2 aromatic heterocycles. The molecule has 2 aromatic carbocycles. The Hall–Kier alpha value is -2.88. The van der Waals surface area contributed by atoms with Crippen LogP contribution in [-0.4, -0.2) is 19.9 Å². The minimum absolute atomic E-state index is 0.697. The Morgan fingerprint density at radius 1 is 0.900 bits per heavy atom. The maximum absolute atomic E-state index is 4.57. The van der Waals surface area contributed by atoms with Crippen molar-refractivity contribution in [3.63, 3.8) is 0 Å². The van der Waals surface area contributed by atoms with Crippen molar-refractivity contribution >= 4 is 21.8 Å². The molecule has 1 radical (unpaired) electrons. The van der Waals surface area contributed by atoms with E-state index in [9.17, 15) is 0 Å². The van der Waals surface area contributed by atoms with Crippen LogP contribution in [0.25, 0.3) is 33.2 Å². The lowest BCUT2D eigenvalue weighted by atomic mass is 10.1. The highest BCUT2D eigenvalue weighted by molar-refractivity contribution is 5.84. The molecule has 0 aliphatic heterocycles. The van der Waals surface area contributed by atoms with Crippen LogP contribution in [0.4, 0.5) is 0 Å². The van der Waals surface area contributed by atoms with Crippen molar-refractivity contribution in [3.8, 4) is 11.4 Å². The average Bonchev–Trinajstić information content (AvgIpc) is 2.54. The molecular formula is C16H9N4. The Bertz CT molecular complexity index is 841. The molecule has 2 heterocycles. The van der Waals surface area contributed by atoms with E-state index in [1.807, 2.05) is 42.6 Å². The number of hydrogen-bond acceptors (Lipinski definition) is 4. The van der Waals surface area contributed by atoms with Gasteiger partial charge in [-0.2, -0.15) is 0 Å². The molecule has 0 aliphatic rings. The molecule has 4 nitrogen and oxygen atoms in total. The number of benzene rings is 2. The molecule has 0 N–H and O–H groups in total. The molecule has 4 aromatic rings. The summed E-state index contributed by atoms with van der Waals surface area (Å²) in [5, 5.41) is 1.99. The standard InChI is InChI=1S/C16H9N4/c1-2-4-15-12(3-1)9-18-16(20-15)11-5-6-14-13(7-11)8-17-10-19-14/h1,3-10H. The van der Waals surface area contributed by atoms with Crippen LogP contribution in [-0.2, 0) is 0 Å². The lowest BCUT2D eigenvalue weighted by Crippen LogP contribution is -1.90. The van der Waals surface area contributed by atoms with Crippen LogP contribution >= 0.6 is 0 Å². The van der Waals surface area contributed by atoms with Gasteiger partial charge < -0.3 is 0 Å². The van der Waals surface area contributed by atoms with Crippen LogP contribution in [0.3, 0.4) is 0 Å². The van der Waals surface area contributed by atoms with E-state index < -0.39 is 0 Å². The predicted octanol–water partition coefficient (Wildman–Crippen LogP) is 3.04. The second kappa shape index (κ2) is 4.35. The fraction of sp³-hybridized carbons (Fsp3) is 0. The zero-order valence-electron chi connectivity index (χ0n) is 10.5. The van der Waals surface area contributed by atoms with Crippen LogP contribution in [0.5, 0.6) is 0 Å². The molecule has 0 aliphatic carbocycles. The molecule has 4 heteroatoms. The summed E-state index contributed by atoms with van der Waals surface area (Å²) in [6.07, 6.45) is 5.17. The number of hydrogen-bond donors (Lipinski definition) is 0. The number of rotatable bonds is 1. The molecule has 0 unspecified atom stereocenters. The average molecular weight is 257 g/mol. The largest absolute Gasteiger partial charge is 0.244 e. The van der Waals surface area contributed by atoms with Crippen molar-refractivity contribution < 1.29 is 0 Å². The molecule has 0 saturated carbocycles. The van der Waals surface area contributed by atoms with Crippen LogP contribution in [0, 0.1) is 6.07 Å². The maximum Gasteiger partial charge on any atom is 0.159 e. The van der Waals surface area contributed by atoms with E-state index >= 15 is 0 Å². The molecular weight excluding hydrogens is 248 g/mol. The van der Waals surface area contributed by atoms with Gasteiger partial charge in [0.15, 0.2) is 5.82 Å². The Morgan fingerprint density at radius 2 is 1.90 bits per heavy atom. The molecule has 0 saturated heterocycles. The van der Waals surface area contributed by atoms with Gasteiger partial charge in [-0.3, -0.25) is 0 Å². The van der Waals surface area contributed by atoms with E-state index in [0.717, 1.165) is 27.4 Å². The lowest BCUT2D eigenvalue weighted by molar-refractivity contribution is 1.21. The summed E-state index contributed by atoms with van der Waals surface area (Å²) >= 11 is 0. The van der Waals surface area contributed by atoms with Gasteiger partial charge >= 0.3 is 0 Å². The monoisotopic (exact) mass is 257 g/mol. The minimum Gasteiger partial charge on any atom is -0.244 e. The predicted molar refractivity (Wildman–Crippen MR) is 76.9 cm³/mol. The van der Waals surface area contributed by atoms with Crippen molar-refractivity contribution in [3.05, 3.63) is 61.2 Å². The summed E-state index contributed by atoms with van der Waals surface area (Å²) in [6, 6.07) is 14.6. The minimum atomic E-state index is 0.697. The first-order valence-corrected chi connectivity index (χ1v) is 6.23. The van der Waals surface area contributed by atoms with Crippen LogP contribution in [0.15, 0.2) is 55.1 Å². The molecule has 0 fully saturated rings. The quantitative estimate of drug-likeness (QED) is 0.526. The summed E-state index contributed by atoms with van der Waals surface area (Å²) in [6.45, 7) is 0. The van der Waals surface area contributed by atoms with E-state index in [1.165, 1.54) is 0 Å². The summed E-state index contributed by atoms with van der Waals surface area (Å²) in [4.78, 5) is 17.2. The van der Waals surface area contributed by atoms with Gasteiger partial charge in [-0.25, -0.2) is 19.9 Å². The third kappa shape index (κ3) is 1.78. The van der Waals surface area contributed by atoms with E-state index in [4.69, 9.17) is 0 Å². The fourth-order valence-electron chi connectivity index (χ4n) is 2.18. The highest BCUT2D eigenvalue weighted by Gasteiger charge is 2.04. The lowest BCUT2D eigenvalue weighted by Gasteiger charge is -2.03. The third-order valence-electron chi connectivity index (χ3n) is 3.19. The molecule has 0 atom stereocenters. The van der Waals surface area contributed by atoms with Crippen molar-refractivity contribution in [2.24, 2.45) is 0 Å². The first kappa shape index (κ1) is 11.0. The summed E-state index contributed by atoms with van der Waals surface area (Å²) < 4.78 is 0. The normalized spacial score (nSPS) is 11.0. The highest BCUT2D eigenvalue weighted by Crippen LogP contribution is 2.21. The van der Waals surface area contributed by atoms with Gasteiger partial charge in [0.2, 0.25) is 0 Å². The Kier molecular flexibility index (Phi) is 2.39. The molecule has 20 heavy (non-hydrogen) atoms. The Balaban J connectivity index is 1.91. The van der Waals surface area contributed by atoms with Gasteiger partial charge in [-0.15, -0.1) is 0 Å². The molecule has 0 bridgehead atoms. The van der Waals surface area contributed by atoms with E-state index in [-0.39, 0.29) is 0 Å². The van der Waals surface area contributed by atoms with Crippen molar-refractivity contribution in [1.29, 1.82) is 0 Å². The van der Waals surface area contributed by atoms with Gasteiger partial charge in [0.1, 0.15) is 6.33 Å². The van der Waals surface area contributed by atoms with E-state index in [2.05, 4.69) is 26.0 Å². The zero-order valence-corrected chi connectivity index (χ0v) is 10.5. The van der Waals surface area contributed by atoms with Crippen molar-refractivity contribution in [2.75, 3.05) is 0 Å². The second-order valence-corrected chi connectivity index (χ2v) is 4.47. The SMILES string of the molecule is [c]1ccc2cnc(-c3ccc4ncncc4c3)nc2c1. The van der Waals surface area contributed by atoms with Crippen molar-refractivity contribution in [2.45, 2.75) is 0 Å². The summed E-state index contributed by atoms with van der Waals surface area (Å²) in [5.41, 5.74) is 2.76. The highest BCUT2D eigenvalue weighted by atomic mass is 14.9. The van der Waals surface area contributed by atoms with Gasteiger partial charge in [-0.05, 0) is 30.3 Å². The zero-order chi connectivity index (χ0) is 13.4. The van der Waals surface area contributed by atoms with Crippen LogP contribution < -0.4 is 0 Å². The fourth-order valence-corrected chi connectivity index (χ4v) is 2.18. The number of aromatic nitrogens is 4. The van der Waals surface area contributed by atoms with Gasteiger partial charge in [0.25, 0.3) is 0 Å². The Morgan fingerprint density at radius 3 is 2.90 bits per heavy atom. The summed E-state index contributed by atoms with van der Waals surface area (Å²) in [5.74, 6) is 0.697. The number of fused-ring (bicyclic) bond motifs is 2. The second-order valence-electron chi connectivity index (χ2n) is 4.47. The Labute approximate surface area is 115 Å². The van der Waals surface area contributed by atoms with Crippen LogP contribution in [0.1, 0.15) is 0 Å². The van der Waals surface area contributed by atoms with Crippen LogP contribution in [0.2, 0.25) is 0 Å². The maximum atomic E-state index is 4.57. The molecule has 0 amide bonds. The number of nitrogens with zero attached hydrogens (tertiary/aromatic N) is 4. The smallest absolute Gasteiger partial charge is 0.159 e. The first-order chi connectivity index (χ1) is 9.90. The summed E-state index contributed by atoms with van der Waals surface area (Å²) in [7, 11) is 0. The topological polar surface area (TPSA) is 51.6 Å². The third-order valence-corrected chi connectivity index (χ3v) is 3.19. The van der Waals surface area contributed by atoms with E-state index in [0.29, 0.717) is 5.82 Å². The first-order valence-electron chi connectivity index (χ1n) is 6.23. The van der Waals surface area contributed by atoms with Gasteiger partial charge in [-0.1, -0.05) is 12.1 Å². The molecule has 4 rings (SSSR count). The molecule has 93 valence electrons. The van der Waals surface area contributed by atoms with E-state index in [1.54, 1.807) is 12.5 Å². The van der Waals surface area contributed by atoms with Gasteiger partial charge in [0, 0.05) is 28.7 Å². The van der Waals surface area contributed by atoms with Crippen molar-refractivity contribution in [1.82, 2.24) is 19.9 Å².